The fourth-order valence-electron chi connectivity index (χ4n) is 2.17. The van der Waals surface area contributed by atoms with E-state index < -0.39 is 4.92 Å². The molecule has 1 heterocycles. The van der Waals surface area contributed by atoms with E-state index in [9.17, 15) is 10.1 Å². The number of nitro groups is 1. The van der Waals surface area contributed by atoms with E-state index in [0.717, 1.165) is 11.1 Å². The zero-order valence-electron chi connectivity index (χ0n) is 12.0. The molecule has 0 amide bonds. The van der Waals surface area contributed by atoms with Crippen LogP contribution in [0.1, 0.15) is 5.56 Å². The number of nitrogens with one attached hydrogen (secondary N) is 2. The van der Waals surface area contributed by atoms with Gasteiger partial charge in [-0.3, -0.25) is 10.1 Å². The van der Waals surface area contributed by atoms with Gasteiger partial charge in [0, 0.05) is 17.7 Å². The van der Waals surface area contributed by atoms with Crippen molar-refractivity contribution in [2.45, 2.75) is 6.54 Å². The van der Waals surface area contributed by atoms with E-state index in [2.05, 4.69) is 15.6 Å². The first-order chi connectivity index (χ1) is 11.1. The zero-order chi connectivity index (χ0) is 16.2. The summed E-state index contributed by atoms with van der Waals surface area (Å²) >= 11 is 5.23. The van der Waals surface area contributed by atoms with Crippen molar-refractivity contribution in [1.82, 2.24) is 14.9 Å². The van der Waals surface area contributed by atoms with Crippen LogP contribution < -0.4 is 5.43 Å². The van der Waals surface area contributed by atoms with E-state index in [0.29, 0.717) is 17.1 Å². The third-order valence-electron chi connectivity index (χ3n) is 3.27. The minimum Gasteiger partial charge on any atom is -0.317 e. The highest BCUT2D eigenvalue weighted by atomic mass is 32.1. The number of hydrogen-bond acceptors (Lipinski definition) is 5. The van der Waals surface area contributed by atoms with Crippen molar-refractivity contribution in [2.24, 2.45) is 0 Å². The van der Waals surface area contributed by atoms with Crippen LogP contribution in [0.3, 0.4) is 0 Å². The molecule has 0 atom stereocenters. The molecule has 23 heavy (non-hydrogen) atoms. The van der Waals surface area contributed by atoms with Crippen molar-refractivity contribution >= 4 is 17.9 Å². The maximum atomic E-state index is 10.8. The molecular formula is C15H13N5O2S. The molecule has 0 bridgehead atoms. The number of non-ortho nitro benzene ring substituents is 1. The first-order valence-electron chi connectivity index (χ1n) is 6.85. The molecule has 3 aromatic rings. The van der Waals surface area contributed by atoms with Crippen molar-refractivity contribution in [3.63, 3.8) is 0 Å². The number of nitrogens with zero attached hydrogens (tertiary/aromatic N) is 3. The number of hydrogen-bond donors (Lipinski definition) is 2. The van der Waals surface area contributed by atoms with E-state index in [1.807, 2.05) is 36.4 Å². The lowest BCUT2D eigenvalue weighted by atomic mass is 10.2. The van der Waals surface area contributed by atoms with Crippen LogP contribution in [0.4, 0.5) is 5.69 Å². The summed E-state index contributed by atoms with van der Waals surface area (Å²) in [5, 5.41) is 17.8. The average molecular weight is 327 g/mol. The molecule has 8 heteroatoms. The number of aromatic nitrogens is 3. The van der Waals surface area contributed by atoms with E-state index in [1.165, 1.54) is 12.1 Å². The Morgan fingerprint density at radius 1 is 1.22 bits per heavy atom. The number of benzene rings is 2. The van der Waals surface area contributed by atoms with Gasteiger partial charge in [0.15, 0.2) is 5.82 Å². The van der Waals surface area contributed by atoms with Gasteiger partial charge in [-0.25, -0.2) is 9.77 Å². The number of aromatic amines is 1. The predicted octanol–water partition coefficient (Wildman–Crippen LogP) is 3.26. The molecule has 0 saturated carbocycles. The lowest BCUT2D eigenvalue weighted by Gasteiger charge is -2.10. The second-order valence-corrected chi connectivity index (χ2v) is 5.20. The molecular weight excluding hydrogens is 314 g/mol. The quantitative estimate of drug-likeness (QED) is 0.426. The van der Waals surface area contributed by atoms with Gasteiger partial charge in [-0.2, -0.15) is 5.10 Å². The first kappa shape index (κ1) is 14.9. The standard InChI is InChI=1S/C15H13N5O2S/c21-20(22)13-8-4-5-11(9-13)10-16-19-14(17-18-15(19)23)12-6-2-1-3-7-12/h1-9,16H,10H2,(H,18,23). The van der Waals surface area contributed by atoms with Crippen LogP contribution in [-0.2, 0) is 6.54 Å². The van der Waals surface area contributed by atoms with Gasteiger partial charge in [-0.15, -0.1) is 0 Å². The summed E-state index contributed by atoms with van der Waals surface area (Å²) in [6.45, 7) is 0.384. The Morgan fingerprint density at radius 3 is 2.74 bits per heavy atom. The molecule has 0 unspecified atom stereocenters. The summed E-state index contributed by atoms with van der Waals surface area (Å²) in [7, 11) is 0. The van der Waals surface area contributed by atoms with Gasteiger partial charge >= 0.3 is 0 Å². The molecule has 0 fully saturated rings. The lowest BCUT2D eigenvalue weighted by molar-refractivity contribution is -0.384. The van der Waals surface area contributed by atoms with Gasteiger partial charge in [0.2, 0.25) is 4.77 Å². The number of rotatable bonds is 5. The van der Waals surface area contributed by atoms with Crippen molar-refractivity contribution < 1.29 is 4.92 Å². The number of nitro benzene ring substituents is 1. The van der Waals surface area contributed by atoms with Crippen LogP contribution in [0.2, 0.25) is 0 Å². The van der Waals surface area contributed by atoms with Crippen molar-refractivity contribution in [1.29, 1.82) is 0 Å². The molecule has 1 aromatic heterocycles. The fraction of sp³-hybridized carbons (Fsp3) is 0.0667. The van der Waals surface area contributed by atoms with Crippen molar-refractivity contribution in [2.75, 3.05) is 5.43 Å². The highest BCUT2D eigenvalue weighted by molar-refractivity contribution is 7.71. The molecule has 3 rings (SSSR count). The lowest BCUT2D eigenvalue weighted by Crippen LogP contribution is -2.16. The summed E-state index contributed by atoms with van der Waals surface area (Å²) in [6.07, 6.45) is 0. The molecule has 2 N–H and O–H groups in total. The third-order valence-corrected chi connectivity index (χ3v) is 3.54. The van der Waals surface area contributed by atoms with Crippen molar-refractivity contribution in [3.8, 4) is 11.4 Å². The largest absolute Gasteiger partial charge is 0.317 e. The third kappa shape index (κ3) is 3.27. The van der Waals surface area contributed by atoms with Gasteiger partial charge in [0.1, 0.15) is 0 Å². The van der Waals surface area contributed by atoms with E-state index in [1.54, 1.807) is 10.7 Å². The summed E-state index contributed by atoms with van der Waals surface area (Å²) in [4.78, 5) is 10.4. The zero-order valence-corrected chi connectivity index (χ0v) is 12.8. The van der Waals surface area contributed by atoms with Gasteiger partial charge < -0.3 is 5.43 Å². The van der Waals surface area contributed by atoms with Crippen molar-refractivity contribution in [3.05, 3.63) is 75.0 Å². The second kappa shape index (κ2) is 6.41. The predicted molar refractivity (Wildman–Crippen MR) is 89.0 cm³/mol. The monoisotopic (exact) mass is 327 g/mol. The maximum Gasteiger partial charge on any atom is 0.269 e. The van der Waals surface area contributed by atoms with Gasteiger partial charge in [-0.05, 0) is 17.8 Å². The molecule has 2 aromatic carbocycles. The molecule has 0 aliphatic carbocycles. The summed E-state index contributed by atoms with van der Waals surface area (Å²) in [5.41, 5.74) is 4.88. The van der Waals surface area contributed by atoms with E-state index in [-0.39, 0.29) is 5.69 Å². The SMILES string of the molecule is O=[N+]([O-])c1cccc(CNn2c(-c3ccccc3)n[nH]c2=S)c1. The van der Waals surface area contributed by atoms with Crippen LogP contribution >= 0.6 is 12.2 Å². The van der Waals surface area contributed by atoms with Gasteiger partial charge in [0.05, 0.1) is 11.5 Å². The molecule has 0 radical (unpaired) electrons. The number of H-pyrrole nitrogens is 1. The van der Waals surface area contributed by atoms with Gasteiger partial charge in [0.25, 0.3) is 5.69 Å². The molecule has 7 nitrogen and oxygen atoms in total. The van der Waals surface area contributed by atoms with Crippen LogP contribution in [0, 0.1) is 14.9 Å². The summed E-state index contributed by atoms with van der Waals surface area (Å²) in [5.74, 6) is 0.654. The van der Waals surface area contributed by atoms with Gasteiger partial charge in [-0.1, -0.05) is 42.5 Å². The van der Waals surface area contributed by atoms with Crippen LogP contribution in [0.15, 0.2) is 54.6 Å². The Balaban J connectivity index is 1.84. The average Bonchev–Trinajstić information content (AvgIpc) is 2.95. The van der Waals surface area contributed by atoms with E-state index >= 15 is 0 Å². The Bertz CT molecular complexity index is 888. The highest BCUT2D eigenvalue weighted by Crippen LogP contribution is 2.17. The minimum atomic E-state index is -0.414. The smallest absolute Gasteiger partial charge is 0.269 e. The molecule has 116 valence electrons. The minimum absolute atomic E-state index is 0.0587. The Kier molecular flexibility index (Phi) is 4.15. The van der Waals surface area contributed by atoms with Crippen LogP contribution in [0.25, 0.3) is 11.4 Å². The second-order valence-electron chi connectivity index (χ2n) is 4.82. The fourth-order valence-corrected chi connectivity index (χ4v) is 2.37. The topological polar surface area (TPSA) is 88.8 Å². The Morgan fingerprint density at radius 2 is 2.00 bits per heavy atom. The Hall–Kier alpha value is -3.00. The first-order valence-corrected chi connectivity index (χ1v) is 7.26. The molecule has 0 spiro atoms. The molecule has 0 aliphatic rings. The normalized spacial score (nSPS) is 10.4. The maximum absolute atomic E-state index is 10.8. The summed E-state index contributed by atoms with van der Waals surface area (Å²) < 4.78 is 2.08. The highest BCUT2D eigenvalue weighted by Gasteiger charge is 2.09. The van der Waals surface area contributed by atoms with E-state index in [4.69, 9.17) is 12.2 Å². The summed E-state index contributed by atoms with van der Waals surface area (Å²) in [6, 6.07) is 16.1. The molecule has 0 saturated heterocycles. The van der Waals surface area contributed by atoms with Crippen LogP contribution in [0.5, 0.6) is 0 Å². The molecule has 0 aliphatic heterocycles. The Labute approximate surface area is 136 Å². The van der Waals surface area contributed by atoms with Crippen LogP contribution in [-0.4, -0.2) is 19.8 Å².